The van der Waals surface area contributed by atoms with Crippen molar-refractivity contribution in [2.24, 2.45) is 0 Å². The fraction of sp³-hybridized carbons (Fsp3) is 0.235. The van der Waals surface area contributed by atoms with Crippen LogP contribution in [0, 0.1) is 6.92 Å². The number of halogens is 1. The van der Waals surface area contributed by atoms with E-state index in [9.17, 15) is 4.79 Å². The van der Waals surface area contributed by atoms with Gasteiger partial charge >= 0.3 is 5.97 Å². The number of aromatic carboxylic acids is 1. The number of carboxylic acids is 1. The van der Waals surface area contributed by atoms with E-state index in [1.165, 1.54) is 5.56 Å². The average Bonchev–Trinajstić information content (AvgIpc) is 2.43. The molecule has 0 aliphatic carbocycles. The highest BCUT2D eigenvalue weighted by molar-refractivity contribution is 6.30. The van der Waals surface area contributed by atoms with Gasteiger partial charge in [0, 0.05) is 16.8 Å². The molecule has 0 aromatic heterocycles. The predicted molar refractivity (Wildman–Crippen MR) is 86.4 cm³/mol. The largest absolute Gasteiger partial charge is 0.478 e. The van der Waals surface area contributed by atoms with Crippen molar-refractivity contribution in [1.29, 1.82) is 0 Å². The summed E-state index contributed by atoms with van der Waals surface area (Å²) in [6, 6.07) is 13.1. The average molecular weight is 304 g/mol. The van der Waals surface area contributed by atoms with Gasteiger partial charge in [0.15, 0.2) is 0 Å². The molecule has 0 aliphatic rings. The Bertz CT molecular complexity index is 638. The highest BCUT2D eigenvalue weighted by Gasteiger charge is 2.09. The smallest absolute Gasteiger partial charge is 0.335 e. The quantitative estimate of drug-likeness (QED) is 0.861. The van der Waals surface area contributed by atoms with Gasteiger partial charge < -0.3 is 10.4 Å². The minimum absolute atomic E-state index is 0.189. The Morgan fingerprint density at radius 1 is 1.24 bits per heavy atom. The molecule has 0 amide bonds. The number of carboxylic acid groups (broad SMARTS) is 1. The summed E-state index contributed by atoms with van der Waals surface area (Å²) in [5.74, 6) is -0.914. The number of hydrogen-bond acceptors (Lipinski definition) is 2. The molecule has 1 atom stereocenters. The Morgan fingerprint density at radius 3 is 2.52 bits per heavy atom. The second-order valence-corrected chi connectivity index (χ2v) is 5.65. The molecule has 2 aromatic rings. The molecule has 110 valence electrons. The second-order valence-electron chi connectivity index (χ2n) is 5.21. The van der Waals surface area contributed by atoms with Crippen LogP contribution in [0.4, 0.5) is 5.69 Å². The van der Waals surface area contributed by atoms with Crippen molar-refractivity contribution in [2.45, 2.75) is 26.3 Å². The van der Waals surface area contributed by atoms with Crippen molar-refractivity contribution in [3.8, 4) is 0 Å². The maximum atomic E-state index is 11.0. The molecule has 0 aliphatic heterocycles. The Labute approximate surface area is 129 Å². The SMILES string of the molecule is Cc1ccc(C(=O)O)cc1NC(C)Cc1ccc(Cl)cc1. The lowest BCUT2D eigenvalue weighted by Crippen LogP contribution is -2.19. The zero-order chi connectivity index (χ0) is 15.4. The standard InChI is InChI=1S/C17H18ClNO2/c1-11-3-6-14(17(20)21)10-16(11)19-12(2)9-13-4-7-15(18)8-5-13/h3-8,10,12,19H,9H2,1-2H3,(H,20,21). The summed E-state index contributed by atoms with van der Waals surface area (Å²) in [6.07, 6.45) is 0.841. The molecular formula is C17H18ClNO2. The number of rotatable bonds is 5. The van der Waals surface area contributed by atoms with E-state index >= 15 is 0 Å². The summed E-state index contributed by atoms with van der Waals surface area (Å²) < 4.78 is 0. The molecular weight excluding hydrogens is 286 g/mol. The Kier molecular flexibility index (Phi) is 4.86. The lowest BCUT2D eigenvalue weighted by atomic mass is 10.1. The van der Waals surface area contributed by atoms with E-state index in [2.05, 4.69) is 12.2 Å². The molecule has 0 spiro atoms. The van der Waals surface area contributed by atoms with Gasteiger partial charge in [0.05, 0.1) is 5.56 Å². The summed E-state index contributed by atoms with van der Waals surface area (Å²) in [5, 5.41) is 13.2. The minimum Gasteiger partial charge on any atom is -0.478 e. The highest BCUT2D eigenvalue weighted by Crippen LogP contribution is 2.19. The van der Waals surface area contributed by atoms with E-state index in [1.807, 2.05) is 37.3 Å². The van der Waals surface area contributed by atoms with E-state index < -0.39 is 5.97 Å². The van der Waals surface area contributed by atoms with E-state index in [-0.39, 0.29) is 6.04 Å². The first-order valence-electron chi connectivity index (χ1n) is 6.80. The summed E-state index contributed by atoms with van der Waals surface area (Å²) in [5.41, 5.74) is 3.37. The molecule has 3 nitrogen and oxygen atoms in total. The van der Waals surface area contributed by atoms with Crippen LogP contribution < -0.4 is 5.32 Å². The monoisotopic (exact) mass is 303 g/mol. The van der Waals surface area contributed by atoms with Crippen LogP contribution in [0.25, 0.3) is 0 Å². The van der Waals surface area contributed by atoms with Gasteiger partial charge in [0.1, 0.15) is 0 Å². The third-order valence-electron chi connectivity index (χ3n) is 3.34. The molecule has 0 saturated carbocycles. The highest BCUT2D eigenvalue weighted by atomic mass is 35.5. The van der Waals surface area contributed by atoms with Gasteiger partial charge in [-0.1, -0.05) is 29.8 Å². The van der Waals surface area contributed by atoms with Crippen LogP contribution in [0.2, 0.25) is 5.02 Å². The van der Waals surface area contributed by atoms with E-state index in [4.69, 9.17) is 16.7 Å². The molecule has 0 bridgehead atoms. The van der Waals surface area contributed by atoms with Crippen LogP contribution in [0.15, 0.2) is 42.5 Å². The van der Waals surface area contributed by atoms with E-state index in [0.29, 0.717) is 5.56 Å². The maximum absolute atomic E-state index is 11.0. The zero-order valence-electron chi connectivity index (χ0n) is 12.1. The van der Waals surface area contributed by atoms with Gasteiger partial charge in [-0.2, -0.15) is 0 Å². The van der Waals surface area contributed by atoms with Crippen LogP contribution in [0.5, 0.6) is 0 Å². The maximum Gasteiger partial charge on any atom is 0.335 e. The first-order chi connectivity index (χ1) is 9.95. The Morgan fingerprint density at radius 2 is 1.90 bits per heavy atom. The van der Waals surface area contributed by atoms with Crippen molar-refractivity contribution in [3.05, 3.63) is 64.2 Å². The summed E-state index contributed by atoms with van der Waals surface area (Å²) in [7, 11) is 0. The summed E-state index contributed by atoms with van der Waals surface area (Å²) >= 11 is 5.87. The van der Waals surface area contributed by atoms with Crippen LogP contribution >= 0.6 is 11.6 Å². The zero-order valence-corrected chi connectivity index (χ0v) is 12.8. The lowest BCUT2D eigenvalue weighted by Gasteiger charge is -2.17. The molecule has 1 unspecified atom stereocenters. The molecule has 2 aromatic carbocycles. The van der Waals surface area contributed by atoms with E-state index in [0.717, 1.165) is 22.7 Å². The van der Waals surface area contributed by atoms with Gasteiger partial charge in [-0.05, 0) is 55.7 Å². The molecule has 0 saturated heterocycles. The van der Waals surface area contributed by atoms with Gasteiger partial charge in [0.25, 0.3) is 0 Å². The first kappa shape index (κ1) is 15.4. The van der Waals surface area contributed by atoms with Gasteiger partial charge in [0.2, 0.25) is 0 Å². The topological polar surface area (TPSA) is 49.3 Å². The molecule has 0 fully saturated rings. The van der Waals surface area contributed by atoms with Crippen molar-refractivity contribution < 1.29 is 9.90 Å². The van der Waals surface area contributed by atoms with Crippen LogP contribution in [0.3, 0.4) is 0 Å². The number of anilines is 1. The molecule has 0 heterocycles. The number of hydrogen-bond donors (Lipinski definition) is 2. The number of carbonyl (C=O) groups is 1. The van der Waals surface area contributed by atoms with Crippen molar-refractivity contribution in [3.63, 3.8) is 0 Å². The molecule has 2 N–H and O–H groups in total. The Balaban J connectivity index is 2.08. The van der Waals surface area contributed by atoms with Crippen molar-refractivity contribution in [2.75, 3.05) is 5.32 Å². The molecule has 2 rings (SSSR count). The van der Waals surface area contributed by atoms with Gasteiger partial charge in [-0.15, -0.1) is 0 Å². The van der Waals surface area contributed by atoms with E-state index in [1.54, 1.807) is 12.1 Å². The second kappa shape index (κ2) is 6.64. The minimum atomic E-state index is -0.914. The predicted octanol–water partition coefficient (Wildman–Crippen LogP) is 4.39. The summed E-state index contributed by atoms with van der Waals surface area (Å²) in [4.78, 5) is 11.0. The van der Waals surface area contributed by atoms with Crippen LogP contribution in [0.1, 0.15) is 28.4 Å². The van der Waals surface area contributed by atoms with Crippen molar-refractivity contribution >= 4 is 23.3 Å². The first-order valence-corrected chi connectivity index (χ1v) is 7.18. The number of benzene rings is 2. The molecule has 0 radical (unpaired) electrons. The number of aryl methyl sites for hydroxylation is 1. The Hall–Kier alpha value is -2.00. The lowest BCUT2D eigenvalue weighted by molar-refractivity contribution is 0.0697. The fourth-order valence-electron chi connectivity index (χ4n) is 2.20. The molecule has 21 heavy (non-hydrogen) atoms. The fourth-order valence-corrected chi connectivity index (χ4v) is 2.33. The number of nitrogens with one attached hydrogen (secondary N) is 1. The molecule has 4 heteroatoms. The third-order valence-corrected chi connectivity index (χ3v) is 3.59. The van der Waals surface area contributed by atoms with Gasteiger partial charge in [-0.25, -0.2) is 4.79 Å². The van der Waals surface area contributed by atoms with Gasteiger partial charge in [-0.3, -0.25) is 0 Å². The third kappa shape index (κ3) is 4.23. The van der Waals surface area contributed by atoms with Crippen LogP contribution in [-0.2, 0) is 6.42 Å². The summed E-state index contributed by atoms with van der Waals surface area (Å²) in [6.45, 7) is 4.03. The van der Waals surface area contributed by atoms with Crippen molar-refractivity contribution in [1.82, 2.24) is 0 Å². The normalized spacial score (nSPS) is 12.0. The van der Waals surface area contributed by atoms with Crippen LogP contribution in [-0.4, -0.2) is 17.1 Å².